The Kier molecular flexibility index (Phi) is 7.31. The molecule has 1 atom stereocenters. The molecule has 0 aliphatic carbocycles. The maximum absolute atomic E-state index is 12.3. The third kappa shape index (κ3) is 6.17. The summed E-state index contributed by atoms with van der Waals surface area (Å²) >= 11 is 0. The molecule has 0 saturated carbocycles. The van der Waals surface area contributed by atoms with Gasteiger partial charge in [-0.05, 0) is 49.6 Å². The number of esters is 1. The standard InChI is InChI=1S/C20H24N2O5S/c1-14-9-10-18(11-15(14)2)28(25,26)22-12-19(23)21-13-20(24)27-16(3)17-7-5-4-6-8-17/h4-11,16,22H,12-13H2,1-3H3,(H,21,23)/t16-/m0/s1. The van der Waals surface area contributed by atoms with E-state index in [4.69, 9.17) is 4.74 Å². The van der Waals surface area contributed by atoms with Crippen LogP contribution < -0.4 is 10.0 Å². The van der Waals surface area contributed by atoms with E-state index in [1.165, 1.54) is 12.1 Å². The number of rotatable bonds is 8. The van der Waals surface area contributed by atoms with Crippen molar-refractivity contribution in [3.05, 3.63) is 65.2 Å². The maximum atomic E-state index is 12.3. The van der Waals surface area contributed by atoms with Crippen molar-refractivity contribution in [1.29, 1.82) is 0 Å². The monoisotopic (exact) mass is 404 g/mol. The van der Waals surface area contributed by atoms with E-state index in [1.807, 2.05) is 44.2 Å². The van der Waals surface area contributed by atoms with Crippen LogP contribution in [0.5, 0.6) is 0 Å². The first-order valence-electron chi connectivity index (χ1n) is 8.77. The van der Waals surface area contributed by atoms with Gasteiger partial charge in [0.15, 0.2) is 0 Å². The molecule has 0 bridgehead atoms. The number of aryl methyl sites for hydroxylation is 2. The van der Waals surface area contributed by atoms with Crippen molar-refractivity contribution in [2.45, 2.75) is 31.8 Å². The molecule has 2 aromatic carbocycles. The van der Waals surface area contributed by atoms with Crippen LogP contribution in [-0.2, 0) is 24.3 Å². The van der Waals surface area contributed by atoms with Crippen LogP contribution in [0.3, 0.4) is 0 Å². The quantitative estimate of drug-likeness (QED) is 0.656. The van der Waals surface area contributed by atoms with Gasteiger partial charge in [-0.2, -0.15) is 0 Å². The highest BCUT2D eigenvalue weighted by atomic mass is 32.2. The number of benzene rings is 2. The lowest BCUT2D eigenvalue weighted by atomic mass is 10.1. The molecular formula is C20H24N2O5S. The van der Waals surface area contributed by atoms with Gasteiger partial charge in [0.1, 0.15) is 12.6 Å². The van der Waals surface area contributed by atoms with Gasteiger partial charge in [0.05, 0.1) is 11.4 Å². The molecule has 2 N–H and O–H groups in total. The Morgan fingerprint density at radius 1 is 1.00 bits per heavy atom. The first kappa shape index (κ1) is 21.6. The summed E-state index contributed by atoms with van der Waals surface area (Å²) in [5.41, 5.74) is 2.64. The highest BCUT2D eigenvalue weighted by Gasteiger charge is 2.17. The minimum atomic E-state index is -3.82. The lowest BCUT2D eigenvalue weighted by Gasteiger charge is -2.14. The van der Waals surface area contributed by atoms with Gasteiger partial charge >= 0.3 is 5.97 Å². The second-order valence-electron chi connectivity index (χ2n) is 6.39. The Labute approximate surface area is 165 Å². The summed E-state index contributed by atoms with van der Waals surface area (Å²) in [5.74, 6) is -1.24. The van der Waals surface area contributed by atoms with E-state index in [0.717, 1.165) is 16.7 Å². The molecule has 0 spiro atoms. The number of hydrogen-bond donors (Lipinski definition) is 2. The molecule has 0 aromatic heterocycles. The van der Waals surface area contributed by atoms with Crippen molar-refractivity contribution < 1.29 is 22.7 Å². The van der Waals surface area contributed by atoms with Crippen LogP contribution in [0.2, 0.25) is 0 Å². The fraction of sp³-hybridized carbons (Fsp3) is 0.300. The molecule has 150 valence electrons. The highest BCUT2D eigenvalue weighted by Crippen LogP contribution is 2.16. The summed E-state index contributed by atoms with van der Waals surface area (Å²) < 4.78 is 32.0. The number of nitrogens with one attached hydrogen (secondary N) is 2. The van der Waals surface area contributed by atoms with Crippen LogP contribution in [0.25, 0.3) is 0 Å². The molecule has 8 heteroatoms. The topological polar surface area (TPSA) is 102 Å². The first-order chi connectivity index (χ1) is 13.2. The summed E-state index contributed by atoms with van der Waals surface area (Å²) in [6, 6.07) is 13.9. The average molecular weight is 404 g/mol. The average Bonchev–Trinajstić information content (AvgIpc) is 2.67. The fourth-order valence-electron chi connectivity index (χ4n) is 2.39. The van der Waals surface area contributed by atoms with Crippen molar-refractivity contribution in [3.63, 3.8) is 0 Å². The second-order valence-corrected chi connectivity index (χ2v) is 8.16. The fourth-order valence-corrected chi connectivity index (χ4v) is 3.46. The lowest BCUT2D eigenvalue weighted by molar-refractivity contribution is -0.148. The van der Waals surface area contributed by atoms with Crippen molar-refractivity contribution in [3.8, 4) is 0 Å². The van der Waals surface area contributed by atoms with E-state index in [1.54, 1.807) is 13.0 Å². The van der Waals surface area contributed by atoms with Crippen molar-refractivity contribution in [1.82, 2.24) is 10.0 Å². The molecule has 28 heavy (non-hydrogen) atoms. The molecule has 2 rings (SSSR count). The van der Waals surface area contributed by atoms with Gasteiger partial charge < -0.3 is 10.1 Å². The Balaban J connectivity index is 1.80. The molecule has 2 aromatic rings. The Morgan fingerprint density at radius 3 is 2.32 bits per heavy atom. The summed E-state index contributed by atoms with van der Waals surface area (Å²) in [6.45, 7) is 4.60. The number of sulfonamides is 1. The Bertz CT molecular complexity index is 942. The zero-order valence-corrected chi connectivity index (χ0v) is 16.9. The van der Waals surface area contributed by atoms with Gasteiger partial charge in [-0.25, -0.2) is 13.1 Å². The van der Waals surface area contributed by atoms with Crippen molar-refractivity contribution in [2.24, 2.45) is 0 Å². The Morgan fingerprint density at radius 2 is 1.68 bits per heavy atom. The predicted octanol–water partition coefficient (Wildman–Crippen LogP) is 2.00. The lowest BCUT2D eigenvalue weighted by Crippen LogP contribution is -2.39. The van der Waals surface area contributed by atoms with Crippen LogP contribution in [0, 0.1) is 13.8 Å². The summed E-state index contributed by atoms with van der Waals surface area (Å²) in [4.78, 5) is 23.8. The van der Waals surface area contributed by atoms with Gasteiger partial charge in [0, 0.05) is 0 Å². The molecule has 0 aliphatic rings. The van der Waals surface area contributed by atoms with Crippen LogP contribution in [-0.4, -0.2) is 33.4 Å². The molecule has 0 aliphatic heterocycles. The molecule has 0 saturated heterocycles. The van der Waals surface area contributed by atoms with Gasteiger partial charge in [0.2, 0.25) is 15.9 Å². The van der Waals surface area contributed by atoms with E-state index in [2.05, 4.69) is 10.0 Å². The third-order valence-electron chi connectivity index (χ3n) is 4.22. The van der Waals surface area contributed by atoms with Crippen molar-refractivity contribution in [2.75, 3.05) is 13.1 Å². The van der Waals surface area contributed by atoms with E-state index in [9.17, 15) is 18.0 Å². The summed E-state index contributed by atoms with van der Waals surface area (Å²) in [7, 11) is -3.82. The summed E-state index contributed by atoms with van der Waals surface area (Å²) in [5, 5.41) is 2.34. The molecule has 7 nitrogen and oxygen atoms in total. The molecule has 0 heterocycles. The van der Waals surface area contributed by atoms with E-state index in [0.29, 0.717) is 0 Å². The van der Waals surface area contributed by atoms with E-state index < -0.39 is 34.5 Å². The zero-order chi connectivity index (χ0) is 20.7. The minimum Gasteiger partial charge on any atom is -0.456 e. The minimum absolute atomic E-state index is 0.0829. The SMILES string of the molecule is Cc1ccc(S(=O)(=O)NCC(=O)NCC(=O)O[C@@H](C)c2ccccc2)cc1C. The largest absolute Gasteiger partial charge is 0.456 e. The number of hydrogen-bond acceptors (Lipinski definition) is 5. The van der Waals surface area contributed by atoms with Crippen molar-refractivity contribution >= 4 is 21.9 Å². The zero-order valence-electron chi connectivity index (χ0n) is 16.1. The van der Waals surface area contributed by atoms with Crippen LogP contribution in [0.1, 0.15) is 29.7 Å². The van der Waals surface area contributed by atoms with Crippen LogP contribution in [0.15, 0.2) is 53.4 Å². The van der Waals surface area contributed by atoms with Crippen LogP contribution >= 0.6 is 0 Å². The van der Waals surface area contributed by atoms with Gasteiger partial charge in [-0.3, -0.25) is 9.59 Å². The molecular weight excluding hydrogens is 380 g/mol. The third-order valence-corrected chi connectivity index (χ3v) is 5.62. The molecule has 0 radical (unpaired) electrons. The highest BCUT2D eigenvalue weighted by molar-refractivity contribution is 7.89. The van der Waals surface area contributed by atoms with Crippen LogP contribution in [0.4, 0.5) is 0 Å². The number of carbonyl (C=O) groups is 2. The number of ether oxygens (including phenoxy) is 1. The maximum Gasteiger partial charge on any atom is 0.326 e. The molecule has 0 fully saturated rings. The normalized spacial score (nSPS) is 12.2. The summed E-state index contributed by atoms with van der Waals surface area (Å²) in [6.07, 6.45) is -0.450. The molecule has 0 unspecified atom stereocenters. The van der Waals surface area contributed by atoms with E-state index >= 15 is 0 Å². The number of carbonyl (C=O) groups excluding carboxylic acids is 2. The predicted molar refractivity (Wildman–Crippen MR) is 105 cm³/mol. The number of amides is 1. The van der Waals surface area contributed by atoms with Gasteiger partial charge in [-0.15, -0.1) is 0 Å². The molecule has 1 amide bonds. The Hall–Kier alpha value is -2.71. The first-order valence-corrected chi connectivity index (χ1v) is 10.3. The van der Waals surface area contributed by atoms with Gasteiger partial charge in [-0.1, -0.05) is 36.4 Å². The van der Waals surface area contributed by atoms with E-state index in [-0.39, 0.29) is 11.4 Å². The second kappa shape index (κ2) is 9.48. The van der Waals surface area contributed by atoms with Gasteiger partial charge in [0.25, 0.3) is 0 Å². The smallest absolute Gasteiger partial charge is 0.326 e.